The molecule has 0 amide bonds. The minimum atomic E-state index is -0.407. The number of rotatable bonds is 3. The first-order chi connectivity index (χ1) is 9.72. The van der Waals surface area contributed by atoms with Gasteiger partial charge < -0.3 is 10.5 Å². The Balaban J connectivity index is 2.15. The third kappa shape index (κ3) is 1.92. The Kier molecular flexibility index (Phi) is 3.11. The van der Waals surface area contributed by atoms with E-state index in [1.165, 1.54) is 11.3 Å². The molecule has 3 rings (SSSR count). The van der Waals surface area contributed by atoms with Crippen LogP contribution in [0, 0.1) is 0 Å². The van der Waals surface area contributed by atoms with E-state index in [2.05, 4.69) is 9.97 Å². The average Bonchev–Trinajstić information content (AvgIpc) is 3.01. The van der Waals surface area contributed by atoms with Gasteiger partial charge in [-0.25, -0.2) is 9.78 Å². The van der Waals surface area contributed by atoms with Crippen LogP contribution in [0.3, 0.4) is 0 Å². The molecule has 0 aromatic carbocycles. The topological polar surface area (TPSA) is 82.5 Å². The van der Waals surface area contributed by atoms with E-state index in [1.807, 2.05) is 18.2 Å². The van der Waals surface area contributed by atoms with E-state index in [9.17, 15) is 4.79 Å². The van der Waals surface area contributed by atoms with Crippen LogP contribution < -0.4 is 5.73 Å². The minimum Gasteiger partial charge on any atom is -0.461 e. The van der Waals surface area contributed by atoms with Crippen molar-refractivity contribution in [3.63, 3.8) is 0 Å². The number of thiazole rings is 1. The van der Waals surface area contributed by atoms with Gasteiger partial charge in [-0.15, -0.1) is 11.3 Å². The molecule has 0 aliphatic carbocycles. The number of pyridine rings is 1. The zero-order chi connectivity index (χ0) is 14.1. The highest BCUT2D eigenvalue weighted by Gasteiger charge is 2.20. The van der Waals surface area contributed by atoms with E-state index >= 15 is 0 Å². The second-order valence-electron chi connectivity index (χ2n) is 4.02. The number of esters is 1. The molecule has 0 saturated heterocycles. The third-order valence-corrected chi connectivity index (χ3v) is 3.62. The van der Waals surface area contributed by atoms with Crippen molar-refractivity contribution < 1.29 is 9.53 Å². The third-order valence-electron chi connectivity index (χ3n) is 2.79. The SMILES string of the molecule is CCOC(=O)c1csc2nc(-c3ccccn3)c(N)n12. The van der Waals surface area contributed by atoms with Crippen molar-refractivity contribution in [2.45, 2.75) is 6.92 Å². The molecule has 0 aliphatic rings. The highest BCUT2D eigenvalue weighted by molar-refractivity contribution is 7.15. The molecule has 0 atom stereocenters. The molecule has 0 aliphatic heterocycles. The van der Waals surface area contributed by atoms with Crippen molar-refractivity contribution in [1.82, 2.24) is 14.4 Å². The molecule has 3 aromatic heterocycles. The number of nitrogens with zero attached hydrogens (tertiary/aromatic N) is 3. The van der Waals surface area contributed by atoms with Crippen molar-refractivity contribution in [3.05, 3.63) is 35.5 Å². The first-order valence-electron chi connectivity index (χ1n) is 6.06. The van der Waals surface area contributed by atoms with Crippen molar-refractivity contribution in [3.8, 4) is 11.4 Å². The van der Waals surface area contributed by atoms with Gasteiger partial charge in [-0.2, -0.15) is 0 Å². The highest BCUT2D eigenvalue weighted by atomic mass is 32.1. The van der Waals surface area contributed by atoms with Crippen LogP contribution >= 0.6 is 11.3 Å². The molecule has 0 bridgehead atoms. The second kappa shape index (κ2) is 4.93. The van der Waals surface area contributed by atoms with E-state index in [1.54, 1.807) is 22.9 Å². The molecule has 3 aromatic rings. The zero-order valence-corrected chi connectivity index (χ0v) is 11.6. The van der Waals surface area contributed by atoms with E-state index in [0.29, 0.717) is 34.5 Å². The summed E-state index contributed by atoms with van der Waals surface area (Å²) in [6.07, 6.45) is 1.68. The molecule has 6 nitrogen and oxygen atoms in total. The van der Waals surface area contributed by atoms with Gasteiger partial charge in [-0.3, -0.25) is 9.38 Å². The summed E-state index contributed by atoms with van der Waals surface area (Å²) in [5.41, 5.74) is 7.75. The van der Waals surface area contributed by atoms with Gasteiger partial charge in [-0.1, -0.05) is 6.07 Å². The Labute approximate surface area is 118 Å². The summed E-state index contributed by atoms with van der Waals surface area (Å²) in [4.78, 5) is 21.2. The molecule has 7 heteroatoms. The van der Waals surface area contributed by atoms with Crippen LogP contribution in [0.15, 0.2) is 29.8 Å². The van der Waals surface area contributed by atoms with Gasteiger partial charge >= 0.3 is 5.97 Å². The van der Waals surface area contributed by atoms with Crippen LogP contribution in [0.5, 0.6) is 0 Å². The Morgan fingerprint density at radius 3 is 3.05 bits per heavy atom. The van der Waals surface area contributed by atoms with Gasteiger partial charge in [0, 0.05) is 11.6 Å². The van der Waals surface area contributed by atoms with Gasteiger partial charge in [0.05, 0.1) is 12.3 Å². The van der Waals surface area contributed by atoms with Gasteiger partial charge in [0.2, 0.25) is 0 Å². The average molecular weight is 288 g/mol. The number of carbonyl (C=O) groups is 1. The number of ether oxygens (including phenoxy) is 1. The standard InChI is InChI=1S/C13H12N4O2S/c1-2-19-12(18)9-7-20-13-16-10(11(14)17(9)13)8-5-3-4-6-15-8/h3-7H,2,14H2,1H3. The fourth-order valence-electron chi connectivity index (χ4n) is 1.92. The fourth-order valence-corrected chi connectivity index (χ4v) is 2.79. The molecule has 3 heterocycles. The van der Waals surface area contributed by atoms with Crippen LogP contribution in [0.2, 0.25) is 0 Å². The van der Waals surface area contributed by atoms with Crippen molar-refractivity contribution in [1.29, 1.82) is 0 Å². The lowest BCUT2D eigenvalue weighted by molar-refractivity contribution is 0.0519. The summed E-state index contributed by atoms with van der Waals surface area (Å²) in [6.45, 7) is 2.08. The van der Waals surface area contributed by atoms with E-state index in [4.69, 9.17) is 10.5 Å². The second-order valence-corrected chi connectivity index (χ2v) is 4.86. The Bertz CT molecular complexity index is 763. The number of imidazole rings is 1. The minimum absolute atomic E-state index is 0.317. The van der Waals surface area contributed by atoms with Crippen LogP contribution in [0.1, 0.15) is 17.4 Å². The van der Waals surface area contributed by atoms with Crippen LogP contribution in [-0.2, 0) is 4.74 Å². The Hall–Kier alpha value is -2.41. The maximum Gasteiger partial charge on any atom is 0.356 e. The summed E-state index contributed by atoms with van der Waals surface area (Å²) in [5, 5.41) is 1.69. The number of hydrogen-bond donors (Lipinski definition) is 1. The van der Waals surface area contributed by atoms with Crippen LogP contribution in [0.25, 0.3) is 16.3 Å². The summed E-state index contributed by atoms with van der Waals surface area (Å²) < 4.78 is 6.62. The molecule has 0 fully saturated rings. The molecule has 20 heavy (non-hydrogen) atoms. The molecule has 0 unspecified atom stereocenters. The normalized spacial score (nSPS) is 10.8. The lowest BCUT2D eigenvalue weighted by Gasteiger charge is -2.02. The van der Waals surface area contributed by atoms with Crippen LogP contribution in [-0.4, -0.2) is 26.9 Å². The molecule has 0 spiro atoms. The Morgan fingerprint density at radius 2 is 2.35 bits per heavy atom. The maximum absolute atomic E-state index is 11.9. The first kappa shape index (κ1) is 12.6. The van der Waals surface area contributed by atoms with E-state index in [-0.39, 0.29) is 0 Å². The fraction of sp³-hybridized carbons (Fsp3) is 0.154. The zero-order valence-electron chi connectivity index (χ0n) is 10.7. The van der Waals surface area contributed by atoms with Gasteiger partial charge in [-0.05, 0) is 19.1 Å². The number of hydrogen-bond acceptors (Lipinski definition) is 6. The quantitative estimate of drug-likeness (QED) is 0.747. The number of aromatic nitrogens is 3. The number of nitrogen functional groups attached to an aromatic ring is 1. The monoisotopic (exact) mass is 288 g/mol. The molecular formula is C13H12N4O2S. The van der Waals surface area contributed by atoms with Gasteiger partial charge in [0.15, 0.2) is 4.96 Å². The first-order valence-corrected chi connectivity index (χ1v) is 6.94. The highest BCUT2D eigenvalue weighted by Crippen LogP contribution is 2.29. The summed E-state index contributed by atoms with van der Waals surface area (Å²) >= 11 is 1.34. The van der Waals surface area contributed by atoms with Crippen molar-refractivity contribution in [2.24, 2.45) is 0 Å². The number of fused-ring (bicyclic) bond motifs is 1. The van der Waals surface area contributed by atoms with Crippen LogP contribution in [0.4, 0.5) is 5.82 Å². The lowest BCUT2D eigenvalue weighted by Crippen LogP contribution is -2.09. The van der Waals surface area contributed by atoms with Gasteiger partial charge in [0.1, 0.15) is 17.2 Å². The Morgan fingerprint density at radius 1 is 1.50 bits per heavy atom. The van der Waals surface area contributed by atoms with Crippen molar-refractivity contribution >= 4 is 28.1 Å². The van der Waals surface area contributed by atoms with Crippen molar-refractivity contribution in [2.75, 3.05) is 12.3 Å². The number of nitrogens with two attached hydrogens (primary N) is 1. The molecule has 0 saturated carbocycles. The van der Waals surface area contributed by atoms with Gasteiger partial charge in [0.25, 0.3) is 0 Å². The molecular weight excluding hydrogens is 276 g/mol. The molecule has 2 N–H and O–H groups in total. The smallest absolute Gasteiger partial charge is 0.356 e. The summed E-state index contributed by atoms with van der Waals surface area (Å²) in [6, 6.07) is 5.51. The summed E-state index contributed by atoms with van der Waals surface area (Å²) in [7, 11) is 0. The van der Waals surface area contributed by atoms with E-state index < -0.39 is 5.97 Å². The molecule has 102 valence electrons. The predicted molar refractivity (Wildman–Crippen MR) is 76.7 cm³/mol. The predicted octanol–water partition coefficient (Wildman–Crippen LogP) is 2.22. The molecule has 0 radical (unpaired) electrons. The lowest BCUT2D eigenvalue weighted by atomic mass is 10.3. The summed E-state index contributed by atoms with van der Waals surface area (Å²) in [5.74, 6) is -0.0153. The number of anilines is 1. The maximum atomic E-state index is 11.9. The largest absolute Gasteiger partial charge is 0.461 e. The van der Waals surface area contributed by atoms with E-state index in [0.717, 1.165) is 0 Å². The number of carbonyl (C=O) groups excluding carboxylic acids is 1.